The zero-order valence-electron chi connectivity index (χ0n) is 13.8. The number of carbonyl (C=O) groups is 1. The van der Waals surface area contributed by atoms with Gasteiger partial charge in [-0.1, -0.05) is 12.1 Å². The van der Waals surface area contributed by atoms with Crippen LogP contribution in [0.25, 0.3) is 10.6 Å². The molecule has 1 N–H and O–H groups in total. The third-order valence-corrected chi connectivity index (χ3v) is 5.18. The van der Waals surface area contributed by atoms with Crippen LogP contribution in [0, 0.1) is 6.92 Å². The van der Waals surface area contributed by atoms with Crippen LogP contribution in [0.4, 0.5) is 0 Å². The van der Waals surface area contributed by atoms with Gasteiger partial charge in [-0.2, -0.15) is 0 Å². The van der Waals surface area contributed by atoms with Crippen molar-refractivity contribution in [3.63, 3.8) is 0 Å². The fourth-order valence-electron chi connectivity index (χ4n) is 2.83. The smallest absolute Gasteiger partial charge is 0.253 e. The van der Waals surface area contributed by atoms with Gasteiger partial charge in [0.05, 0.1) is 0 Å². The minimum atomic E-state index is 0. The van der Waals surface area contributed by atoms with E-state index >= 15 is 0 Å². The van der Waals surface area contributed by atoms with Gasteiger partial charge in [0.25, 0.3) is 5.91 Å². The van der Waals surface area contributed by atoms with E-state index in [2.05, 4.69) is 10.3 Å². The van der Waals surface area contributed by atoms with Crippen molar-refractivity contribution in [3.05, 3.63) is 40.9 Å². The SMILES string of the molecule is CNC1CCN(C(=O)c2cccc(-c3nc(C)cs3)c2)CC1.Cl.Cl. The molecule has 132 valence electrons. The Morgan fingerprint density at radius 2 is 2.00 bits per heavy atom. The Morgan fingerprint density at radius 3 is 2.58 bits per heavy atom. The summed E-state index contributed by atoms with van der Waals surface area (Å²) in [7, 11) is 1.99. The highest BCUT2D eigenvalue weighted by Gasteiger charge is 2.22. The van der Waals surface area contributed by atoms with Gasteiger partial charge >= 0.3 is 0 Å². The van der Waals surface area contributed by atoms with Crippen LogP contribution in [0.1, 0.15) is 28.9 Å². The quantitative estimate of drug-likeness (QED) is 0.870. The van der Waals surface area contributed by atoms with Gasteiger partial charge < -0.3 is 10.2 Å². The van der Waals surface area contributed by atoms with E-state index in [4.69, 9.17) is 0 Å². The van der Waals surface area contributed by atoms with Gasteiger partial charge in [0.1, 0.15) is 5.01 Å². The summed E-state index contributed by atoms with van der Waals surface area (Å²) >= 11 is 1.62. The molecule has 4 nitrogen and oxygen atoms in total. The molecule has 0 unspecified atom stereocenters. The zero-order valence-corrected chi connectivity index (χ0v) is 16.3. The summed E-state index contributed by atoms with van der Waals surface area (Å²) in [5, 5.41) is 6.30. The number of benzene rings is 1. The predicted octanol–water partition coefficient (Wildman–Crippen LogP) is 3.79. The summed E-state index contributed by atoms with van der Waals surface area (Å²) in [6, 6.07) is 8.36. The van der Waals surface area contributed by atoms with Crippen molar-refractivity contribution in [1.29, 1.82) is 0 Å². The summed E-state index contributed by atoms with van der Waals surface area (Å²) in [4.78, 5) is 19.1. The maximum Gasteiger partial charge on any atom is 0.253 e. The van der Waals surface area contributed by atoms with E-state index in [1.54, 1.807) is 11.3 Å². The summed E-state index contributed by atoms with van der Waals surface area (Å²) in [6.45, 7) is 3.64. The number of nitrogens with zero attached hydrogens (tertiary/aromatic N) is 2. The molecule has 1 amide bonds. The predicted molar refractivity (Wildman–Crippen MR) is 105 cm³/mol. The minimum absolute atomic E-state index is 0. The van der Waals surface area contributed by atoms with Crippen LogP contribution < -0.4 is 5.32 Å². The van der Waals surface area contributed by atoms with Crippen molar-refractivity contribution < 1.29 is 4.79 Å². The first-order valence-corrected chi connectivity index (χ1v) is 8.54. The second kappa shape index (κ2) is 9.37. The lowest BCUT2D eigenvalue weighted by Gasteiger charge is -2.31. The van der Waals surface area contributed by atoms with Crippen molar-refractivity contribution >= 4 is 42.1 Å². The first-order valence-electron chi connectivity index (χ1n) is 7.66. The fraction of sp³-hybridized carbons (Fsp3) is 0.412. The number of likely N-dealkylation sites (tertiary alicyclic amines) is 1. The molecule has 0 saturated carbocycles. The van der Waals surface area contributed by atoms with Crippen LogP contribution >= 0.6 is 36.2 Å². The molecule has 3 rings (SSSR count). The number of hydrogen-bond donors (Lipinski definition) is 1. The van der Waals surface area contributed by atoms with E-state index < -0.39 is 0 Å². The zero-order chi connectivity index (χ0) is 15.5. The summed E-state index contributed by atoms with van der Waals surface area (Å²) in [5.41, 5.74) is 2.80. The lowest BCUT2D eigenvalue weighted by atomic mass is 10.0. The number of nitrogens with one attached hydrogen (secondary N) is 1. The number of halogens is 2. The van der Waals surface area contributed by atoms with Gasteiger partial charge in [0.2, 0.25) is 0 Å². The van der Waals surface area contributed by atoms with Crippen LogP contribution in [0.2, 0.25) is 0 Å². The highest BCUT2D eigenvalue weighted by atomic mass is 35.5. The molecule has 0 bridgehead atoms. The largest absolute Gasteiger partial charge is 0.339 e. The first kappa shape index (κ1) is 20.9. The molecule has 1 aliphatic heterocycles. The second-order valence-corrected chi connectivity index (χ2v) is 6.59. The van der Waals surface area contributed by atoms with Crippen molar-refractivity contribution in [1.82, 2.24) is 15.2 Å². The third-order valence-electron chi connectivity index (χ3n) is 4.17. The Morgan fingerprint density at radius 1 is 1.29 bits per heavy atom. The molecule has 7 heteroatoms. The number of piperidine rings is 1. The van der Waals surface area contributed by atoms with E-state index in [0.717, 1.165) is 47.8 Å². The van der Waals surface area contributed by atoms with Gasteiger partial charge in [-0.15, -0.1) is 36.2 Å². The van der Waals surface area contributed by atoms with E-state index in [0.29, 0.717) is 6.04 Å². The molecule has 0 atom stereocenters. The third kappa shape index (κ3) is 4.70. The topological polar surface area (TPSA) is 45.2 Å². The molecule has 1 saturated heterocycles. The molecule has 0 radical (unpaired) electrons. The van der Waals surface area contributed by atoms with Crippen LogP contribution in [0.15, 0.2) is 29.6 Å². The highest BCUT2D eigenvalue weighted by Crippen LogP contribution is 2.25. The minimum Gasteiger partial charge on any atom is -0.339 e. The molecule has 1 fully saturated rings. The number of hydrogen-bond acceptors (Lipinski definition) is 4. The molecule has 1 aromatic carbocycles. The number of aryl methyl sites for hydroxylation is 1. The molecule has 24 heavy (non-hydrogen) atoms. The Labute approximate surface area is 159 Å². The molecule has 1 aromatic heterocycles. The van der Waals surface area contributed by atoms with E-state index in [1.165, 1.54) is 0 Å². The van der Waals surface area contributed by atoms with Crippen molar-refractivity contribution in [3.8, 4) is 10.6 Å². The van der Waals surface area contributed by atoms with Crippen LogP contribution in [0.3, 0.4) is 0 Å². The van der Waals surface area contributed by atoms with Gasteiger partial charge in [-0.05, 0) is 38.9 Å². The Bertz CT molecular complexity index is 669. The van der Waals surface area contributed by atoms with Gasteiger partial charge in [-0.25, -0.2) is 4.98 Å². The molecule has 2 heterocycles. The Balaban J connectivity index is 0.00000144. The van der Waals surface area contributed by atoms with E-state index in [1.807, 2.05) is 48.5 Å². The lowest BCUT2D eigenvalue weighted by Crippen LogP contribution is -2.43. The summed E-state index contributed by atoms with van der Waals surface area (Å²) in [5.74, 6) is 0.129. The monoisotopic (exact) mass is 387 g/mol. The maximum atomic E-state index is 12.7. The number of carbonyl (C=O) groups excluding carboxylic acids is 1. The van der Waals surface area contributed by atoms with Crippen LogP contribution in [-0.2, 0) is 0 Å². The average molecular weight is 388 g/mol. The lowest BCUT2D eigenvalue weighted by molar-refractivity contribution is 0.0707. The summed E-state index contributed by atoms with van der Waals surface area (Å²) in [6.07, 6.45) is 2.04. The number of aromatic nitrogens is 1. The Hall–Kier alpha value is -1.14. The van der Waals surface area contributed by atoms with Crippen LogP contribution in [0.5, 0.6) is 0 Å². The van der Waals surface area contributed by atoms with Gasteiger partial charge in [0.15, 0.2) is 0 Å². The second-order valence-electron chi connectivity index (χ2n) is 5.73. The molecular formula is C17H23Cl2N3OS. The number of thiazole rings is 1. The van der Waals surface area contributed by atoms with Crippen LogP contribution in [-0.4, -0.2) is 42.0 Å². The summed E-state index contributed by atoms with van der Waals surface area (Å²) < 4.78 is 0. The first-order chi connectivity index (χ1) is 10.7. The van der Waals surface area contributed by atoms with E-state index in [-0.39, 0.29) is 30.7 Å². The van der Waals surface area contributed by atoms with Gasteiger partial charge in [0, 0.05) is 41.3 Å². The maximum absolute atomic E-state index is 12.7. The number of rotatable bonds is 3. The van der Waals surface area contributed by atoms with Gasteiger partial charge in [-0.3, -0.25) is 4.79 Å². The van der Waals surface area contributed by atoms with Crippen molar-refractivity contribution in [2.75, 3.05) is 20.1 Å². The van der Waals surface area contributed by atoms with E-state index in [9.17, 15) is 4.79 Å². The average Bonchev–Trinajstić information content (AvgIpc) is 3.01. The standard InChI is InChI=1S/C17H21N3OS.2ClH/c1-12-11-22-16(19-12)13-4-3-5-14(10-13)17(21)20-8-6-15(18-2)7-9-20;;/h3-5,10-11,15,18H,6-9H2,1-2H3;2*1H. The molecular weight excluding hydrogens is 365 g/mol. The fourth-order valence-corrected chi connectivity index (χ4v) is 3.62. The number of amides is 1. The van der Waals surface area contributed by atoms with Crippen molar-refractivity contribution in [2.45, 2.75) is 25.8 Å². The Kier molecular flexibility index (Phi) is 8.16. The normalized spacial score (nSPS) is 14.7. The molecule has 0 spiro atoms. The van der Waals surface area contributed by atoms with Crippen molar-refractivity contribution in [2.24, 2.45) is 0 Å². The highest BCUT2D eigenvalue weighted by molar-refractivity contribution is 7.13. The molecule has 1 aliphatic rings. The molecule has 0 aliphatic carbocycles. The molecule has 2 aromatic rings.